The predicted molar refractivity (Wildman–Crippen MR) is 83.7 cm³/mol. The number of hydrogen-bond acceptors (Lipinski definition) is 4. The van der Waals surface area contributed by atoms with Crippen molar-refractivity contribution in [1.82, 2.24) is 5.32 Å². The summed E-state index contributed by atoms with van der Waals surface area (Å²) in [5.74, 6) is -0.368. The van der Waals surface area contributed by atoms with E-state index < -0.39 is 11.6 Å². The molecule has 0 aliphatic heterocycles. The van der Waals surface area contributed by atoms with Crippen molar-refractivity contribution in [2.24, 2.45) is 0 Å². The Morgan fingerprint density at radius 1 is 1.30 bits per heavy atom. The molecule has 20 heavy (non-hydrogen) atoms. The maximum Gasteiger partial charge on any atom is 0.407 e. The normalized spacial score (nSPS) is 13.2. The molecular formula is C14H18INO4. The Labute approximate surface area is 132 Å². The Balaban J connectivity index is 2.48. The lowest BCUT2D eigenvalue weighted by Crippen LogP contribution is -2.49. The molecule has 0 aliphatic rings. The second kappa shape index (κ2) is 8.08. The quantitative estimate of drug-likeness (QED) is 0.460. The number of halogens is 1. The summed E-state index contributed by atoms with van der Waals surface area (Å²) >= 11 is 2.11. The van der Waals surface area contributed by atoms with Gasteiger partial charge in [-0.3, -0.25) is 4.79 Å². The lowest BCUT2D eigenvalue weighted by Gasteiger charge is -2.27. The Hall–Kier alpha value is -1.31. The van der Waals surface area contributed by atoms with E-state index in [4.69, 9.17) is 4.74 Å². The van der Waals surface area contributed by atoms with Gasteiger partial charge < -0.3 is 14.8 Å². The molecule has 0 aliphatic carbocycles. The van der Waals surface area contributed by atoms with Gasteiger partial charge in [-0.25, -0.2) is 4.79 Å². The maximum atomic E-state index is 11.8. The van der Waals surface area contributed by atoms with E-state index >= 15 is 0 Å². The third-order valence-electron chi connectivity index (χ3n) is 2.67. The molecule has 0 saturated heterocycles. The molecule has 1 N–H and O–H groups in total. The Kier molecular flexibility index (Phi) is 6.77. The van der Waals surface area contributed by atoms with Gasteiger partial charge in [0.25, 0.3) is 0 Å². The maximum absolute atomic E-state index is 11.8. The van der Waals surface area contributed by atoms with E-state index in [0.29, 0.717) is 4.43 Å². The summed E-state index contributed by atoms with van der Waals surface area (Å²) in [6.45, 7) is 1.97. The van der Waals surface area contributed by atoms with Crippen LogP contribution in [0.15, 0.2) is 30.3 Å². The van der Waals surface area contributed by atoms with Gasteiger partial charge in [0.1, 0.15) is 6.61 Å². The fourth-order valence-corrected chi connectivity index (χ4v) is 1.98. The number of methoxy groups -OCH3 is 1. The molecule has 0 spiro atoms. The molecule has 0 heterocycles. The molecule has 1 aromatic rings. The summed E-state index contributed by atoms with van der Waals surface area (Å²) in [5, 5.41) is 2.71. The number of rotatable bonds is 6. The van der Waals surface area contributed by atoms with Crippen molar-refractivity contribution >= 4 is 34.7 Å². The van der Waals surface area contributed by atoms with Gasteiger partial charge in [-0.2, -0.15) is 0 Å². The van der Waals surface area contributed by atoms with Crippen molar-refractivity contribution in [3.05, 3.63) is 35.9 Å². The van der Waals surface area contributed by atoms with Crippen LogP contribution in [-0.4, -0.2) is 29.1 Å². The zero-order chi connectivity index (χ0) is 15.0. The van der Waals surface area contributed by atoms with Crippen LogP contribution < -0.4 is 5.32 Å². The second-order valence-corrected chi connectivity index (χ2v) is 5.40. The molecule has 110 valence electrons. The van der Waals surface area contributed by atoms with Gasteiger partial charge in [-0.1, -0.05) is 52.9 Å². The molecule has 0 saturated carbocycles. The number of ether oxygens (including phenoxy) is 2. The minimum atomic E-state index is -0.679. The van der Waals surface area contributed by atoms with Crippen LogP contribution in [0.3, 0.4) is 0 Å². The number of amides is 1. The minimum Gasteiger partial charge on any atom is -0.469 e. The third-order valence-corrected chi connectivity index (χ3v) is 4.36. The summed E-state index contributed by atoms with van der Waals surface area (Å²) in [6.07, 6.45) is -0.440. The molecule has 0 bridgehead atoms. The molecule has 1 atom stereocenters. The molecular weight excluding hydrogens is 373 g/mol. The van der Waals surface area contributed by atoms with Gasteiger partial charge in [-0.05, 0) is 12.5 Å². The first-order valence-corrected chi connectivity index (χ1v) is 7.63. The number of alkyl halides is 1. The lowest BCUT2D eigenvalue weighted by molar-refractivity contribution is -0.141. The van der Waals surface area contributed by atoms with E-state index in [2.05, 4.69) is 32.6 Å². The molecule has 5 nitrogen and oxygen atoms in total. The smallest absolute Gasteiger partial charge is 0.407 e. The molecule has 0 fully saturated rings. The number of alkyl carbamates (subject to hydrolysis) is 1. The molecule has 0 radical (unpaired) electrons. The highest BCUT2D eigenvalue weighted by molar-refractivity contribution is 14.1. The van der Waals surface area contributed by atoms with Crippen molar-refractivity contribution in [3.8, 4) is 0 Å². The number of nitrogens with one attached hydrogen (secondary N) is 1. The highest BCUT2D eigenvalue weighted by Crippen LogP contribution is 2.15. The highest BCUT2D eigenvalue weighted by Gasteiger charge is 2.29. The molecule has 1 unspecified atom stereocenters. The van der Waals surface area contributed by atoms with Gasteiger partial charge in [0, 0.05) is 4.43 Å². The largest absolute Gasteiger partial charge is 0.469 e. The third kappa shape index (κ3) is 5.77. The summed E-state index contributed by atoms with van der Waals surface area (Å²) in [7, 11) is 1.32. The van der Waals surface area contributed by atoms with Gasteiger partial charge in [0.05, 0.1) is 19.1 Å². The second-order valence-electron chi connectivity index (χ2n) is 4.63. The zero-order valence-corrected chi connectivity index (χ0v) is 13.7. The predicted octanol–water partition coefficient (Wildman–Crippen LogP) is 2.67. The van der Waals surface area contributed by atoms with Gasteiger partial charge in [-0.15, -0.1) is 0 Å². The Morgan fingerprint density at radius 3 is 2.50 bits per heavy atom. The summed E-state index contributed by atoms with van der Waals surface area (Å²) in [4.78, 5) is 23.1. The van der Waals surface area contributed by atoms with E-state index in [0.717, 1.165) is 5.56 Å². The van der Waals surface area contributed by atoms with Gasteiger partial charge in [0.2, 0.25) is 0 Å². The number of esters is 1. The van der Waals surface area contributed by atoms with Crippen LogP contribution in [0.1, 0.15) is 18.9 Å². The van der Waals surface area contributed by atoms with Gasteiger partial charge >= 0.3 is 12.1 Å². The SMILES string of the molecule is COC(=O)CC(C)(CI)NC(=O)OCc1ccccc1. The molecule has 1 rings (SSSR count). The summed E-state index contributed by atoms with van der Waals surface area (Å²) in [5.41, 5.74) is 0.230. The van der Waals surface area contributed by atoms with E-state index in [1.54, 1.807) is 6.92 Å². The Morgan fingerprint density at radius 2 is 1.95 bits per heavy atom. The first kappa shape index (κ1) is 16.7. The number of benzene rings is 1. The molecule has 1 amide bonds. The van der Waals surface area contributed by atoms with Crippen LogP contribution in [0.2, 0.25) is 0 Å². The average Bonchev–Trinajstić information content (AvgIpc) is 2.46. The average molecular weight is 391 g/mol. The molecule has 1 aromatic carbocycles. The number of carbonyl (C=O) groups excluding carboxylic acids is 2. The Bertz CT molecular complexity index is 452. The first-order chi connectivity index (χ1) is 9.49. The van der Waals surface area contributed by atoms with E-state index in [-0.39, 0.29) is 19.0 Å². The molecule has 6 heteroatoms. The number of hydrogen-bond donors (Lipinski definition) is 1. The van der Waals surface area contributed by atoms with E-state index in [9.17, 15) is 9.59 Å². The van der Waals surface area contributed by atoms with Crippen LogP contribution in [0.4, 0.5) is 4.79 Å². The topological polar surface area (TPSA) is 64.6 Å². The fraction of sp³-hybridized carbons (Fsp3) is 0.429. The van der Waals surface area contributed by atoms with Crippen molar-refractivity contribution in [1.29, 1.82) is 0 Å². The standard InChI is InChI=1S/C14H18INO4/c1-14(10-15,8-12(17)19-2)16-13(18)20-9-11-6-4-3-5-7-11/h3-7H,8-10H2,1-2H3,(H,16,18). The van der Waals surface area contributed by atoms with Crippen molar-refractivity contribution in [2.75, 3.05) is 11.5 Å². The highest BCUT2D eigenvalue weighted by atomic mass is 127. The lowest BCUT2D eigenvalue weighted by atomic mass is 10.0. The summed E-state index contributed by atoms with van der Waals surface area (Å²) < 4.78 is 10.3. The first-order valence-electron chi connectivity index (χ1n) is 6.11. The van der Waals surface area contributed by atoms with Crippen LogP contribution in [0, 0.1) is 0 Å². The van der Waals surface area contributed by atoms with Crippen molar-refractivity contribution < 1.29 is 19.1 Å². The van der Waals surface area contributed by atoms with Crippen LogP contribution in [0.25, 0.3) is 0 Å². The van der Waals surface area contributed by atoms with Crippen molar-refractivity contribution in [2.45, 2.75) is 25.5 Å². The minimum absolute atomic E-state index is 0.104. The van der Waals surface area contributed by atoms with E-state index in [1.807, 2.05) is 30.3 Å². The molecule has 0 aromatic heterocycles. The van der Waals surface area contributed by atoms with Crippen LogP contribution in [-0.2, 0) is 20.9 Å². The van der Waals surface area contributed by atoms with Crippen molar-refractivity contribution in [3.63, 3.8) is 0 Å². The van der Waals surface area contributed by atoms with E-state index in [1.165, 1.54) is 7.11 Å². The van der Waals surface area contributed by atoms with Crippen LogP contribution in [0.5, 0.6) is 0 Å². The number of carbonyl (C=O) groups is 2. The monoisotopic (exact) mass is 391 g/mol. The van der Waals surface area contributed by atoms with Crippen LogP contribution >= 0.6 is 22.6 Å². The fourth-order valence-electron chi connectivity index (χ4n) is 1.52. The zero-order valence-electron chi connectivity index (χ0n) is 11.5. The van der Waals surface area contributed by atoms with Gasteiger partial charge in [0.15, 0.2) is 0 Å². The summed E-state index contributed by atoms with van der Waals surface area (Å²) in [6, 6.07) is 9.40.